The molecule has 1 aromatic rings. The second-order valence-electron chi connectivity index (χ2n) is 4.95. The normalized spacial score (nSPS) is 19.9. The molecule has 1 aliphatic rings. The second kappa shape index (κ2) is 6.80. The van der Waals surface area contributed by atoms with Crippen LogP contribution in [0.5, 0.6) is 0 Å². The minimum atomic E-state index is -0.0303. The van der Waals surface area contributed by atoms with Crippen LogP contribution in [0.1, 0.15) is 24.8 Å². The minimum absolute atomic E-state index is 0.0303. The molecule has 0 aliphatic carbocycles. The van der Waals surface area contributed by atoms with Gasteiger partial charge in [-0.15, -0.1) is 0 Å². The van der Waals surface area contributed by atoms with E-state index in [0.29, 0.717) is 11.1 Å². The van der Waals surface area contributed by atoms with E-state index in [1.54, 1.807) is 6.20 Å². The zero-order valence-corrected chi connectivity index (χ0v) is 12.4. The summed E-state index contributed by atoms with van der Waals surface area (Å²) >= 11 is 1.85. The number of urea groups is 1. The third kappa shape index (κ3) is 4.13. The minimum Gasteiger partial charge on any atom is -0.323 e. The first-order chi connectivity index (χ1) is 9.19. The van der Waals surface area contributed by atoms with E-state index in [9.17, 15) is 4.79 Å². The van der Waals surface area contributed by atoms with E-state index in [4.69, 9.17) is 0 Å². The molecule has 19 heavy (non-hydrogen) atoms. The molecular formula is C14H21N3OS. The molecule has 2 heterocycles. The standard InChI is InChI=1S/C14H21N3OS/c1-11-6-7-13(15-9-11)16-14(18)17-8-4-3-5-12(10-17)19-2/h6-7,9,12H,3-5,8,10H2,1-2H3,(H,15,16,18)/t12-/m1/s1. The summed E-state index contributed by atoms with van der Waals surface area (Å²) < 4.78 is 0. The summed E-state index contributed by atoms with van der Waals surface area (Å²) in [7, 11) is 0. The highest BCUT2D eigenvalue weighted by Gasteiger charge is 2.21. The zero-order valence-electron chi connectivity index (χ0n) is 11.6. The second-order valence-corrected chi connectivity index (χ2v) is 6.09. The molecule has 0 spiro atoms. The fraction of sp³-hybridized carbons (Fsp3) is 0.571. The molecule has 0 unspecified atom stereocenters. The van der Waals surface area contributed by atoms with Crippen molar-refractivity contribution >= 4 is 23.6 Å². The van der Waals surface area contributed by atoms with Crippen LogP contribution in [0.4, 0.5) is 10.6 Å². The molecule has 5 heteroatoms. The number of carbonyl (C=O) groups is 1. The molecule has 0 saturated carbocycles. The maximum atomic E-state index is 12.2. The van der Waals surface area contributed by atoms with Crippen LogP contribution >= 0.6 is 11.8 Å². The van der Waals surface area contributed by atoms with Gasteiger partial charge in [-0.3, -0.25) is 5.32 Å². The number of aryl methyl sites for hydroxylation is 1. The number of aromatic nitrogens is 1. The Kier molecular flexibility index (Phi) is 5.07. The van der Waals surface area contributed by atoms with Gasteiger partial charge in [0.05, 0.1) is 0 Å². The van der Waals surface area contributed by atoms with Crippen molar-refractivity contribution in [2.24, 2.45) is 0 Å². The lowest BCUT2D eigenvalue weighted by molar-refractivity contribution is 0.214. The summed E-state index contributed by atoms with van der Waals surface area (Å²) in [6.45, 7) is 3.66. The Hall–Kier alpha value is -1.23. The molecule has 2 amide bonds. The maximum Gasteiger partial charge on any atom is 0.323 e. The number of nitrogens with one attached hydrogen (secondary N) is 1. The number of hydrogen-bond acceptors (Lipinski definition) is 3. The summed E-state index contributed by atoms with van der Waals surface area (Å²) in [5, 5.41) is 3.43. The Labute approximate surface area is 119 Å². The van der Waals surface area contributed by atoms with Gasteiger partial charge in [0.15, 0.2) is 0 Å². The molecule has 104 valence electrons. The number of anilines is 1. The Morgan fingerprint density at radius 1 is 1.47 bits per heavy atom. The number of thioether (sulfide) groups is 1. The molecule has 1 aromatic heterocycles. The summed E-state index contributed by atoms with van der Waals surface area (Å²) in [5.41, 5.74) is 1.09. The SMILES string of the molecule is CS[C@@H]1CCCCN(C(=O)Nc2ccc(C)cn2)C1. The topological polar surface area (TPSA) is 45.2 Å². The number of likely N-dealkylation sites (tertiary alicyclic amines) is 1. The average molecular weight is 279 g/mol. The van der Waals surface area contributed by atoms with Gasteiger partial charge in [0.25, 0.3) is 0 Å². The molecule has 1 aliphatic heterocycles. The Balaban J connectivity index is 1.96. The predicted molar refractivity (Wildman–Crippen MR) is 80.7 cm³/mol. The number of hydrogen-bond donors (Lipinski definition) is 1. The molecule has 2 rings (SSSR count). The van der Waals surface area contributed by atoms with Crippen LogP contribution in [0.25, 0.3) is 0 Å². The van der Waals surface area contributed by atoms with Crippen LogP contribution in [0.3, 0.4) is 0 Å². The number of pyridine rings is 1. The van der Waals surface area contributed by atoms with Gasteiger partial charge in [-0.1, -0.05) is 12.5 Å². The molecule has 1 N–H and O–H groups in total. The molecule has 0 radical (unpaired) electrons. The van der Waals surface area contributed by atoms with Crippen LogP contribution in [0, 0.1) is 6.92 Å². The molecule has 4 nitrogen and oxygen atoms in total. The molecular weight excluding hydrogens is 258 g/mol. The average Bonchev–Trinajstić information content (AvgIpc) is 2.67. The van der Waals surface area contributed by atoms with E-state index in [-0.39, 0.29) is 6.03 Å². The van der Waals surface area contributed by atoms with Gasteiger partial charge in [-0.05, 0) is 37.7 Å². The van der Waals surface area contributed by atoms with Crippen molar-refractivity contribution in [3.63, 3.8) is 0 Å². The van der Waals surface area contributed by atoms with Crippen LogP contribution in [-0.2, 0) is 0 Å². The highest BCUT2D eigenvalue weighted by Crippen LogP contribution is 2.20. The van der Waals surface area contributed by atoms with Gasteiger partial charge < -0.3 is 4.90 Å². The lowest BCUT2D eigenvalue weighted by Gasteiger charge is -2.23. The van der Waals surface area contributed by atoms with Crippen molar-refractivity contribution in [1.29, 1.82) is 0 Å². The number of amides is 2. The Morgan fingerprint density at radius 3 is 3.00 bits per heavy atom. The number of nitrogens with zero attached hydrogens (tertiary/aromatic N) is 2. The van der Waals surface area contributed by atoms with Crippen molar-refractivity contribution in [2.45, 2.75) is 31.4 Å². The summed E-state index contributed by atoms with van der Waals surface area (Å²) in [6.07, 6.45) is 7.38. The molecule has 1 fully saturated rings. The Bertz CT molecular complexity index is 421. The third-order valence-electron chi connectivity index (χ3n) is 3.40. The zero-order chi connectivity index (χ0) is 13.7. The van der Waals surface area contributed by atoms with E-state index < -0.39 is 0 Å². The summed E-state index contributed by atoms with van der Waals surface area (Å²) in [6, 6.07) is 3.77. The van der Waals surface area contributed by atoms with Crippen molar-refractivity contribution in [3.05, 3.63) is 23.9 Å². The number of rotatable bonds is 2. The van der Waals surface area contributed by atoms with E-state index >= 15 is 0 Å². The lowest BCUT2D eigenvalue weighted by Crippen LogP contribution is -2.38. The fourth-order valence-electron chi connectivity index (χ4n) is 2.21. The largest absolute Gasteiger partial charge is 0.323 e. The van der Waals surface area contributed by atoms with E-state index in [1.165, 1.54) is 12.8 Å². The highest BCUT2D eigenvalue weighted by atomic mass is 32.2. The van der Waals surface area contributed by atoms with Gasteiger partial charge in [0, 0.05) is 24.5 Å². The summed E-state index contributed by atoms with van der Waals surface area (Å²) in [4.78, 5) is 18.4. The van der Waals surface area contributed by atoms with Gasteiger partial charge in [0.2, 0.25) is 0 Å². The van der Waals surface area contributed by atoms with E-state index in [0.717, 1.165) is 25.1 Å². The van der Waals surface area contributed by atoms with E-state index in [2.05, 4.69) is 16.6 Å². The van der Waals surface area contributed by atoms with Crippen molar-refractivity contribution in [3.8, 4) is 0 Å². The van der Waals surface area contributed by atoms with Crippen molar-refractivity contribution in [1.82, 2.24) is 9.88 Å². The first-order valence-electron chi connectivity index (χ1n) is 6.70. The molecule has 0 bridgehead atoms. The van der Waals surface area contributed by atoms with Gasteiger partial charge in [-0.2, -0.15) is 11.8 Å². The monoisotopic (exact) mass is 279 g/mol. The predicted octanol–water partition coefficient (Wildman–Crippen LogP) is 3.14. The van der Waals surface area contributed by atoms with Crippen LogP contribution in [0.15, 0.2) is 18.3 Å². The quantitative estimate of drug-likeness (QED) is 0.904. The summed E-state index contributed by atoms with van der Waals surface area (Å²) in [5.74, 6) is 0.626. The molecule has 1 atom stereocenters. The van der Waals surface area contributed by atoms with E-state index in [1.807, 2.05) is 35.7 Å². The first kappa shape index (κ1) is 14.2. The Morgan fingerprint density at radius 2 is 2.32 bits per heavy atom. The third-order valence-corrected chi connectivity index (χ3v) is 4.45. The van der Waals surface area contributed by atoms with Crippen LogP contribution < -0.4 is 5.32 Å². The smallest absolute Gasteiger partial charge is 0.323 e. The number of carbonyl (C=O) groups excluding carboxylic acids is 1. The molecule has 0 aromatic carbocycles. The first-order valence-corrected chi connectivity index (χ1v) is 7.99. The van der Waals surface area contributed by atoms with Crippen molar-refractivity contribution in [2.75, 3.05) is 24.7 Å². The lowest BCUT2D eigenvalue weighted by atomic mass is 10.2. The van der Waals surface area contributed by atoms with Crippen molar-refractivity contribution < 1.29 is 4.79 Å². The maximum absolute atomic E-state index is 12.2. The molecule has 1 saturated heterocycles. The van der Waals surface area contributed by atoms with Gasteiger partial charge >= 0.3 is 6.03 Å². The van der Waals surface area contributed by atoms with Crippen LogP contribution in [-0.4, -0.2) is 40.5 Å². The fourth-order valence-corrected chi connectivity index (χ4v) is 2.94. The van der Waals surface area contributed by atoms with Crippen LogP contribution in [0.2, 0.25) is 0 Å². The highest BCUT2D eigenvalue weighted by molar-refractivity contribution is 7.99. The van der Waals surface area contributed by atoms with Gasteiger partial charge in [0.1, 0.15) is 5.82 Å². The van der Waals surface area contributed by atoms with Gasteiger partial charge in [-0.25, -0.2) is 9.78 Å².